The minimum Gasteiger partial charge on any atom is -0.384 e. The average Bonchev–Trinajstić information content (AvgIpc) is 3.31. The lowest BCUT2D eigenvalue weighted by atomic mass is 10.1. The molecule has 124 valence electrons. The van der Waals surface area contributed by atoms with Crippen LogP contribution < -0.4 is 0 Å². The highest BCUT2D eigenvalue weighted by Gasteiger charge is 2.36. The van der Waals surface area contributed by atoms with Gasteiger partial charge in [0.2, 0.25) is 0 Å². The van der Waals surface area contributed by atoms with Crippen LogP contribution in [0.15, 0.2) is 40.2 Å². The average molecular weight is 423 g/mol. The number of amides is 1. The van der Waals surface area contributed by atoms with E-state index in [2.05, 4.69) is 20.9 Å². The lowest BCUT2D eigenvalue weighted by Crippen LogP contribution is -2.38. The van der Waals surface area contributed by atoms with Gasteiger partial charge in [-0.1, -0.05) is 12.1 Å². The number of thiazole rings is 1. The van der Waals surface area contributed by atoms with Gasteiger partial charge in [-0.25, -0.2) is 4.98 Å². The molecule has 7 heteroatoms. The Hall–Kier alpha value is -1.28. The first-order valence-corrected chi connectivity index (χ1v) is 10.2. The van der Waals surface area contributed by atoms with Crippen LogP contribution in [-0.2, 0) is 0 Å². The smallest absolute Gasteiger partial charge is 0.264 e. The van der Waals surface area contributed by atoms with Crippen molar-refractivity contribution in [1.82, 2.24) is 9.88 Å². The van der Waals surface area contributed by atoms with E-state index in [1.807, 2.05) is 36.4 Å². The maximum atomic E-state index is 12.8. The highest BCUT2D eigenvalue weighted by molar-refractivity contribution is 9.11. The number of carbonyl (C=O) groups is 1. The van der Waals surface area contributed by atoms with E-state index in [4.69, 9.17) is 0 Å². The highest BCUT2D eigenvalue weighted by Crippen LogP contribution is 2.35. The number of aliphatic hydroxyl groups is 1. The molecule has 3 aromatic rings. The van der Waals surface area contributed by atoms with Gasteiger partial charge < -0.3 is 10.0 Å². The number of likely N-dealkylation sites (tertiary alicyclic amines) is 1. The minimum atomic E-state index is -0.739. The number of fused-ring (bicyclic) bond motifs is 1. The van der Waals surface area contributed by atoms with Crippen molar-refractivity contribution in [3.05, 3.63) is 50.1 Å². The van der Waals surface area contributed by atoms with Gasteiger partial charge in [-0.15, -0.1) is 22.7 Å². The molecule has 0 saturated carbocycles. The van der Waals surface area contributed by atoms with Gasteiger partial charge in [0.25, 0.3) is 5.91 Å². The van der Waals surface area contributed by atoms with Gasteiger partial charge in [0.05, 0.1) is 24.9 Å². The first kappa shape index (κ1) is 16.2. The second-order valence-corrected chi connectivity index (χ2v) is 9.30. The second-order valence-electron chi connectivity index (χ2n) is 5.78. The molecule has 1 N–H and O–H groups in total. The third kappa shape index (κ3) is 2.90. The molecule has 4 rings (SSSR count). The van der Waals surface area contributed by atoms with Gasteiger partial charge in [-0.2, -0.15) is 0 Å². The molecular formula is C17H15BrN2O2S2. The highest BCUT2D eigenvalue weighted by atomic mass is 79.9. The Morgan fingerprint density at radius 2 is 2.12 bits per heavy atom. The van der Waals surface area contributed by atoms with Crippen LogP contribution in [0.3, 0.4) is 0 Å². The van der Waals surface area contributed by atoms with E-state index >= 15 is 0 Å². The van der Waals surface area contributed by atoms with E-state index in [9.17, 15) is 9.90 Å². The monoisotopic (exact) mass is 422 g/mol. The largest absolute Gasteiger partial charge is 0.384 e. The molecule has 1 amide bonds. The van der Waals surface area contributed by atoms with Crippen molar-refractivity contribution in [3.8, 4) is 0 Å². The quantitative estimate of drug-likeness (QED) is 0.677. The number of thiophene rings is 1. The molecule has 0 spiro atoms. The number of aliphatic hydroxyl groups excluding tert-OH is 1. The Kier molecular flexibility index (Phi) is 4.42. The molecule has 3 heterocycles. The number of para-hydroxylation sites is 1. The van der Waals surface area contributed by atoms with E-state index in [1.165, 1.54) is 22.7 Å². The molecule has 0 aliphatic carbocycles. The fourth-order valence-electron chi connectivity index (χ4n) is 3.12. The first-order chi connectivity index (χ1) is 11.6. The van der Waals surface area contributed by atoms with Crippen molar-refractivity contribution in [1.29, 1.82) is 0 Å². The number of aromatic nitrogens is 1. The molecule has 2 atom stereocenters. The standard InChI is InChI=1S/C17H15BrN2O2S2/c18-14-8-7-13(23-14)17(22)20-9-3-5-11(20)15(21)16-19-10-4-1-2-6-12(10)24-16/h1-2,4,6-8,11,15,21H,3,5,9H2/t11-,15-/m0/s1. The molecule has 0 radical (unpaired) electrons. The van der Waals surface area contributed by atoms with Crippen molar-refractivity contribution in [2.75, 3.05) is 6.54 Å². The summed E-state index contributed by atoms with van der Waals surface area (Å²) in [6.07, 6.45) is 0.970. The number of carbonyl (C=O) groups excluding carboxylic acids is 1. The molecule has 24 heavy (non-hydrogen) atoms. The lowest BCUT2D eigenvalue weighted by Gasteiger charge is -2.27. The zero-order valence-electron chi connectivity index (χ0n) is 12.7. The first-order valence-electron chi connectivity index (χ1n) is 7.73. The molecule has 1 aliphatic rings. The Balaban J connectivity index is 1.60. The van der Waals surface area contributed by atoms with Crippen molar-refractivity contribution in [2.24, 2.45) is 0 Å². The summed E-state index contributed by atoms with van der Waals surface area (Å²) in [6, 6.07) is 11.4. The summed E-state index contributed by atoms with van der Waals surface area (Å²) in [5, 5.41) is 11.5. The van der Waals surface area contributed by atoms with Gasteiger partial charge in [-0.3, -0.25) is 4.79 Å². The summed E-state index contributed by atoms with van der Waals surface area (Å²) in [5.74, 6) is -0.00615. The normalized spacial score (nSPS) is 19.1. The molecule has 1 fully saturated rings. The fourth-order valence-corrected chi connectivity index (χ4v) is 5.48. The number of halogens is 1. The number of rotatable bonds is 3. The minimum absolute atomic E-state index is 0.00615. The summed E-state index contributed by atoms with van der Waals surface area (Å²) >= 11 is 6.33. The molecule has 2 aromatic heterocycles. The van der Waals surface area contributed by atoms with Crippen LogP contribution >= 0.6 is 38.6 Å². The van der Waals surface area contributed by atoms with E-state index < -0.39 is 6.10 Å². The molecule has 0 unspecified atom stereocenters. The van der Waals surface area contributed by atoms with E-state index in [0.717, 1.165) is 26.8 Å². The van der Waals surface area contributed by atoms with Gasteiger partial charge >= 0.3 is 0 Å². The predicted octanol–water partition coefficient (Wildman–Crippen LogP) is 4.46. The third-order valence-corrected chi connectivity index (χ3v) is 6.99. The zero-order valence-corrected chi connectivity index (χ0v) is 15.9. The zero-order chi connectivity index (χ0) is 16.7. The van der Waals surface area contributed by atoms with E-state index in [1.54, 1.807) is 4.90 Å². The molecule has 1 aliphatic heterocycles. The maximum Gasteiger partial charge on any atom is 0.264 e. The Labute approximate surface area is 155 Å². The summed E-state index contributed by atoms with van der Waals surface area (Å²) in [7, 11) is 0. The van der Waals surface area contributed by atoms with Gasteiger partial charge in [0.15, 0.2) is 0 Å². The lowest BCUT2D eigenvalue weighted by molar-refractivity contribution is 0.0490. The van der Waals surface area contributed by atoms with Crippen LogP contribution in [0.2, 0.25) is 0 Å². The summed E-state index contributed by atoms with van der Waals surface area (Å²) < 4.78 is 2.00. The predicted molar refractivity (Wildman–Crippen MR) is 101 cm³/mol. The Morgan fingerprint density at radius 1 is 1.29 bits per heavy atom. The van der Waals surface area contributed by atoms with Crippen molar-refractivity contribution in [2.45, 2.75) is 25.0 Å². The van der Waals surface area contributed by atoms with Gasteiger partial charge in [0, 0.05) is 6.54 Å². The molecule has 4 nitrogen and oxygen atoms in total. The van der Waals surface area contributed by atoms with Crippen molar-refractivity contribution in [3.63, 3.8) is 0 Å². The van der Waals surface area contributed by atoms with Crippen LogP contribution in [0, 0.1) is 0 Å². The molecule has 1 saturated heterocycles. The van der Waals surface area contributed by atoms with Crippen LogP contribution in [0.25, 0.3) is 10.2 Å². The second kappa shape index (κ2) is 6.55. The SMILES string of the molecule is O=C(c1ccc(Br)s1)N1CCC[C@H]1[C@H](O)c1nc2ccccc2s1. The van der Waals surface area contributed by atoms with Crippen LogP contribution in [0.4, 0.5) is 0 Å². The summed E-state index contributed by atoms with van der Waals surface area (Å²) in [4.78, 5) is 19.8. The van der Waals surface area contributed by atoms with Crippen LogP contribution in [0.1, 0.15) is 33.6 Å². The number of benzene rings is 1. The summed E-state index contributed by atoms with van der Waals surface area (Å²) in [5.41, 5.74) is 0.898. The van der Waals surface area contributed by atoms with E-state index in [0.29, 0.717) is 16.4 Å². The van der Waals surface area contributed by atoms with Gasteiger partial charge in [0.1, 0.15) is 11.1 Å². The fraction of sp³-hybridized carbons (Fsp3) is 0.294. The molecule has 0 bridgehead atoms. The topological polar surface area (TPSA) is 53.4 Å². The van der Waals surface area contributed by atoms with Crippen LogP contribution in [0.5, 0.6) is 0 Å². The third-order valence-electron chi connectivity index (χ3n) is 4.27. The van der Waals surface area contributed by atoms with Crippen molar-refractivity contribution >= 4 is 54.7 Å². The van der Waals surface area contributed by atoms with Gasteiger partial charge in [-0.05, 0) is 53.0 Å². The van der Waals surface area contributed by atoms with E-state index in [-0.39, 0.29) is 11.9 Å². The Bertz CT molecular complexity index is 858. The Morgan fingerprint density at radius 3 is 2.88 bits per heavy atom. The maximum absolute atomic E-state index is 12.8. The van der Waals surface area contributed by atoms with Crippen LogP contribution in [-0.4, -0.2) is 33.5 Å². The molecular weight excluding hydrogens is 408 g/mol. The van der Waals surface area contributed by atoms with Crippen molar-refractivity contribution < 1.29 is 9.90 Å². The molecule has 1 aromatic carbocycles. The number of nitrogens with zero attached hydrogens (tertiary/aromatic N) is 2. The summed E-state index contributed by atoms with van der Waals surface area (Å²) in [6.45, 7) is 0.682. The number of hydrogen-bond acceptors (Lipinski definition) is 5. The number of hydrogen-bond donors (Lipinski definition) is 1.